The molecule has 2 unspecified atom stereocenters. The van der Waals surface area contributed by atoms with Crippen LogP contribution in [0.2, 0.25) is 0 Å². The number of carbonyl (C=O) groups is 1. The van der Waals surface area contributed by atoms with Gasteiger partial charge in [0.2, 0.25) is 5.91 Å². The zero-order valence-electron chi connectivity index (χ0n) is 20.2. The van der Waals surface area contributed by atoms with Crippen LogP contribution in [-0.4, -0.2) is 26.1 Å². The zero-order valence-corrected chi connectivity index (χ0v) is 20.2. The molecule has 2 atom stereocenters. The van der Waals surface area contributed by atoms with Crippen LogP contribution >= 0.6 is 0 Å². The van der Waals surface area contributed by atoms with Gasteiger partial charge in [0, 0.05) is 26.1 Å². The molecule has 0 bridgehead atoms. The van der Waals surface area contributed by atoms with E-state index in [4.69, 9.17) is 10.5 Å². The van der Waals surface area contributed by atoms with E-state index in [0.717, 1.165) is 37.4 Å². The van der Waals surface area contributed by atoms with Gasteiger partial charge in [0.05, 0.1) is 24.2 Å². The van der Waals surface area contributed by atoms with Gasteiger partial charge >= 0.3 is 0 Å². The summed E-state index contributed by atoms with van der Waals surface area (Å²) in [7, 11) is 1.69. The van der Waals surface area contributed by atoms with Crippen molar-refractivity contribution < 1.29 is 9.53 Å². The number of hydrogen-bond donors (Lipinski definition) is 2. The zero-order chi connectivity index (χ0) is 22.5. The topological polar surface area (TPSA) is 67.6 Å². The molecule has 0 radical (unpaired) electrons. The highest BCUT2D eigenvalue weighted by atomic mass is 16.5. The smallest absolute Gasteiger partial charge is 0.221 e. The van der Waals surface area contributed by atoms with Gasteiger partial charge in [0.15, 0.2) is 0 Å². The second kappa shape index (κ2) is 14.2. The van der Waals surface area contributed by atoms with E-state index >= 15 is 0 Å². The van der Waals surface area contributed by atoms with Gasteiger partial charge in [-0.05, 0) is 30.7 Å². The molecule has 172 valence electrons. The Kier molecular flexibility index (Phi) is 12.3. The summed E-state index contributed by atoms with van der Waals surface area (Å²) in [4.78, 5) is 14.2. The van der Waals surface area contributed by atoms with Gasteiger partial charge in [0.1, 0.15) is 5.75 Å². The number of nitrogens with one attached hydrogen (secondary N) is 1. The molecule has 1 aromatic rings. The lowest BCUT2D eigenvalue weighted by molar-refractivity contribution is -0.114. The minimum Gasteiger partial charge on any atom is -0.495 e. The van der Waals surface area contributed by atoms with Gasteiger partial charge in [-0.2, -0.15) is 0 Å². The van der Waals surface area contributed by atoms with E-state index in [1.54, 1.807) is 7.11 Å². The highest BCUT2D eigenvalue weighted by Gasteiger charge is 2.22. The molecule has 30 heavy (non-hydrogen) atoms. The van der Waals surface area contributed by atoms with Gasteiger partial charge in [-0.25, -0.2) is 0 Å². The molecule has 1 amide bonds. The summed E-state index contributed by atoms with van der Waals surface area (Å²) in [5.41, 5.74) is 8.40. The molecule has 0 aromatic heterocycles. The Morgan fingerprint density at radius 2 is 1.57 bits per heavy atom. The SMILES string of the molecule is CCCCC(CC)CN(CC(CC)CCCC)c1cc(NC(C)=O)c(N)cc1OC. The average molecular weight is 420 g/mol. The molecule has 0 saturated carbocycles. The number of methoxy groups -OCH3 is 1. The second-order valence-electron chi connectivity index (χ2n) is 8.53. The number of ether oxygens (including phenoxy) is 1. The minimum absolute atomic E-state index is 0.117. The van der Waals surface area contributed by atoms with Crippen molar-refractivity contribution in [3.63, 3.8) is 0 Å². The third kappa shape index (κ3) is 8.45. The number of nitrogens with two attached hydrogens (primary N) is 1. The maximum absolute atomic E-state index is 11.7. The Morgan fingerprint density at radius 3 is 1.97 bits per heavy atom. The Hall–Kier alpha value is -1.91. The first-order valence-corrected chi connectivity index (χ1v) is 11.9. The van der Waals surface area contributed by atoms with Crippen LogP contribution in [0.1, 0.15) is 86.0 Å². The molecule has 0 aliphatic carbocycles. The van der Waals surface area contributed by atoms with Crippen molar-refractivity contribution in [3.05, 3.63) is 12.1 Å². The van der Waals surface area contributed by atoms with Crippen molar-refractivity contribution in [1.82, 2.24) is 0 Å². The lowest BCUT2D eigenvalue weighted by Gasteiger charge is -2.34. The molecule has 0 spiro atoms. The Bertz CT molecular complexity index is 615. The van der Waals surface area contributed by atoms with Crippen LogP contribution in [0.4, 0.5) is 17.1 Å². The number of benzene rings is 1. The molecule has 0 heterocycles. The van der Waals surface area contributed by atoms with E-state index in [9.17, 15) is 4.79 Å². The Balaban J connectivity index is 3.30. The Morgan fingerprint density at radius 1 is 1.03 bits per heavy atom. The van der Waals surface area contributed by atoms with E-state index in [-0.39, 0.29) is 5.91 Å². The van der Waals surface area contributed by atoms with Gasteiger partial charge in [-0.15, -0.1) is 0 Å². The van der Waals surface area contributed by atoms with Crippen LogP contribution in [0.3, 0.4) is 0 Å². The van der Waals surface area contributed by atoms with Crippen molar-refractivity contribution in [2.45, 2.75) is 86.0 Å². The van der Waals surface area contributed by atoms with E-state index in [2.05, 4.69) is 37.9 Å². The monoisotopic (exact) mass is 419 g/mol. The highest BCUT2D eigenvalue weighted by molar-refractivity contribution is 5.94. The van der Waals surface area contributed by atoms with Gasteiger partial charge in [-0.1, -0.05) is 66.2 Å². The number of rotatable bonds is 15. The first-order chi connectivity index (χ1) is 14.4. The molecule has 5 nitrogen and oxygen atoms in total. The molecular formula is C25H45N3O2. The summed E-state index contributed by atoms with van der Waals surface area (Å²) in [5.74, 6) is 1.94. The number of nitrogen functional groups attached to an aromatic ring is 1. The number of anilines is 3. The lowest BCUT2D eigenvalue weighted by Crippen LogP contribution is -2.34. The lowest BCUT2D eigenvalue weighted by atomic mass is 9.95. The fraction of sp³-hybridized carbons (Fsp3) is 0.720. The van der Waals surface area contributed by atoms with Crippen molar-refractivity contribution in [2.24, 2.45) is 11.8 Å². The molecule has 0 aliphatic heterocycles. The van der Waals surface area contributed by atoms with Crippen molar-refractivity contribution in [2.75, 3.05) is 36.1 Å². The van der Waals surface area contributed by atoms with Crippen LogP contribution < -0.4 is 20.7 Å². The van der Waals surface area contributed by atoms with E-state index in [0.29, 0.717) is 23.2 Å². The summed E-state index contributed by atoms with van der Waals surface area (Å²) < 4.78 is 5.73. The number of amides is 1. The molecule has 1 aromatic carbocycles. The van der Waals surface area contributed by atoms with Crippen LogP contribution in [-0.2, 0) is 4.79 Å². The van der Waals surface area contributed by atoms with Gasteiger partial charge < -0.3 is 20.7 Å². The quantitative estimate of drug-likeness (QED) is 0.319. The van der Waals surface area contributed by atoms with Crippen LogP contribution in [0, 0.1) is 11.8 Å². The molecule has 1 rings (SSSR count). The molecule has 0 aliphatic rings. The summed E-state index contributed by atoms with van der Waals surface area (Å²) in [6.07, 6.45) is 9.78. The molecule has 0 saturated heterocycles. The largest absolute Gasteiger partial charge is 0.495 e. The third-order valence-electron chi connectivity index (χ3n) is 6.05. The van der Waals surface area contributed by atoms with Crippen LogP contribution in [0.15, 0.2) is 12.1 Å². The third-order valence-corrected chi connectivity index (χ3v) is 6.05. The summed E-state index contributed by atoms with van der Waals surface area (Å²) in [5, 5.41) is 2.88. The predicted octanol–water partition coefficient (Wildman–Crippen LogP) is 6.48. The number of hydrogen-bond acceptors (Lipinski definition) is 4. The summed E-state index contributed by atoms with van der Waals surface area (Å²) >= 11 is 0. The number of nitrogens with zero attached hydrogens (tertiary/aromatic N) is 1. The maximum Gasteiger partial charge on any atom is 0.221 e. The van der Waals surface area contributed by atoms with E-state index in [1.165, 1.54) is 45.4 Å². The van der Waals surface area contributed by atoms with Crippen molar-refractivity contribution in [1.29, 1.82) is 0 Å². The maximum atomic E-state index is 11.7. The normalized spacial score (nSPS) is 13.0. The van der Waals surface area contributed by atoms with Gasteiger partial charge in [-0.3, -0.25) is 4.79 Å². The average Bonchev–Trinajstić information content (AvgIpc) is 2.73. The first-order valence-electron chi connectivity index (χ1n) is 11.9. The fourth-order valence-corrected chi connectivity index (χ4v) is 4.02. The molecule has 0 fully saturated rings. The second-order valence-corrected chi connectivity index (χ2v) is 8.53. The number of carbonyl (C=O) groups excluding carboxylic acids is 1. The molecular weight excluding hydrogens is 374 g/mol. The fourth-order valence-electron chi connectivity index (χ4n) is 4.02. The number of unbranched alkanes of at least 4 members (excludes halogenated alkanes) is 2. The highest BCUT2D eigenvalue weighted by Crippen LogP contribution is 2.37. The van der Waals surface area contributed by atoms with Crippen LogP contribution in [0.25, 0.3) is 0 Å². The minimum atomic E-state index is -0.117. The predicted molar refractivity (Wildman–Crippen MR) is 131 cm³/mol. The first kappa shape index (κ1) is 26.1. The van der Waals surface area contributed by atoms with Crippen molar-refractivity contribution in [3.8, 4) is 5.75 Å². The van der Waals surface area contributed by atoms with E-state index < -0.39 is 0 Å². The summed E-state index contributed by atoms with van der Waals surface area (Å²) in [6.45, 7) is 12.6. The van der Waals surface area contributed by atoms with Crippen molar-refractivity contribution >= 4 is 23.0 Å². The summed E-state index contributed by atoms with van der Waals surface area (Å²) in [6, 6.07) is 3.84. The van der Waals surface area contributed by atoms with E-state index in [1.807, 2.05) is 12.1 Å². The molecule has 3 N–H and O–H groups in total. The standard InChI is InChI=1S/C25H45N3O2/c1-7-11-13-20(9-3)17-28(18-21(10-4)14-12-8-2)24-16-23(27-19(5)29)22(26)15-25(24)30-6/h15-16,20-21H,7-14,17-18,26H2,1-6H3,(H,27,29). The molecule has 5 heteroatoms. The Labute approximate surface area is 184 Å². The van der Waals surface area contributed by atoms with Gasteiger partial charge in [0.25, 0.3) is 0 Å². The van der Waals surface area contributed by atoms with Crippen LogP contribution in [0.5, 0.6) is 5.75 Å².